The lowest BCUT2D eigenvalue weighted by molar-refractivity contribution is -0.126. The summed E-state index contributed by atoms with van der Waals surface area (Å²) in [4.78, 5) is 29.4. The van der Waals surface area contributed by atoms with Crippen LogP contribution in [0.3, 0.4) is 0 Å². The molecule has 1 fully saturated rings. The van der Waals surface area contributed by atoms with Crippen molar-refractivity contribution in [3.05, 3.63) is 52.2 Å². The van der Waals surface area contributed by atoms with Crippen LogP contribution in [0.5, 0.6) is 0 Å². The topological polar surface area (TPSA) is 74.8 Å². The molecule has 0 spiro atoms. The molecule has 0 N–H and O–H groups in total. The number of amides is 1. The molecule has 0 atom stereocenters. The lowest BCUT2D eigenvalue weighted by atomic mass is 10.2. The molecule has 2 aromatic rings. The minimum Gasteiger partial charge on any atom is -0.334 e. The van der Waals surface area contributed by atoms with Gasteiger partial charge in [-0.05, 0) is 35.6 Å². The van der Waals surface area contributed by atoms with Crippen molar-refractivity contribution in [2.45, 2.75) is 17.9 Å². The highest BCUT2D eigenvalue weighted by Crippen LogP contribution is 2.15. The molecule has 1 aromatic carbocycles. The summed E-state index contributed by atoms with van der Waals surface area (Å²) < 4.78 is 23.1. The SMILES string of the molecule is CS(=O)(=O)c1ccc(CN2CCCN(C(=O)C(=O)c3cccs3)CC2)cc1. The predicted octanol–water partition coefficient (Wildman–Crippen LogP) is 2.07. The van der Waals surface area contributed by atoms with E-state index in [-0.39, 0.29) is 0 Å². The summed E-state index contributed by atoms with van der Waals surface area (Å²) in [6.07, 6.45) is 1.99. The largest absolute Gasteiger partial charge is 0.334 e. The molecular formula is C19H22N2O4S2. The van der Waals surface area contributed by atoms with Gasteiger partial charge in [-0.3, -0.25) is 14.5 Å². The summed E-state index contributed by atoms with van der Waals surface area (Å²) in [5.74, 6) is -0.869. The molecule has 0 unspecified atom stereocenters. The third-order valence-corrected chi connectivity index (χ3v) is 6.57. The van der Waals surface area contributed by atoms with E-state index in [1.54, 1.807) is 34.5 Å². The minimum atomic E-state index is -3.19. The molecule has 6 nitrogen and oxygen atoms in total. The van der Waals surface area contributed by atoms with Gasteiger partial charge in [0.25, 0.3) is 11.7 Å². The third-order valence-electron chi connectivity index (χ3n) is 4.57. The van der Waals surface area contributed by atoms with Crippen molar-refractivity contribution in [2.75, 3.05) is 32.4 Å². The number of carbonyl (C=O) groups is 2. The Bertz CT molecular complexity index is 906. The van der Waals surface area contributed by atoms with Crippen LogP contribution < -0.4 is 0 Å². The van der Waals surface area contributed by atoms with Crippen molar-refractivity contribution in [1.82, 2.24) is 9.80 Å². The fourth-order valence-electron chi connectivity index (χ4n) is 3.09. The van der Waals surface area contributed by atoms with Crippen LogP contribution in [0, 0.1) is 0 Å². The summed E-state index contributed by atoms with van der Waals surface area (Å²) in [6.45, 7) is 3.27. The molecule has 27 heavy (non-hydrogen) atoms. The molecule has 0 radical (unpaired) electrons. The van der Waals surface area contributed by atoms with E-state index < -0.39 is 21.5 Å². The van der Waals surface area contributed by atoms with Crippen LogP contribution >= 0.6 is 11.3 Å². The summed E-state index contributed by atoms with van der Waals surface area (Å²) in [5, 5.41) is 1.79. The highest BCUT2D eigenvalue weighted by molar-refractivity contribution is 7.90. The van der Waals surface area contributed by atoms with Crippen molar-refractivity contribution in [2.24, 2.45) is 0 Å². The summed E-state index contributed by atoms with van der Waals surface area (Å²) in [5.41, 5.74) is 1.02. The number of rotatable bonds is 5. The second-order valence-electron chi connectivity index (χ2n) is 6.64. The minimum absolute atomic E-state index is 0.311. The van der Waals surface area contributed by atoms with Gasteiger partial charge in [-0.1, -0.05) is 18.2 Å². The zero-order valence-electron chi connectivity index (χ0n) is 15.1. The second-order valence-corrected chi connectivity index (χ2v) is 9.61. The Kier molecular flexibility index (Phi) is 6.08. The first-order valence-corrected chi connectivity index (χ1v) is 11.5. The van der Waals surface area contributed by atoms with E-state index in [4.69, 9.17) is 0 Å². The summed E-state index contributed by atoms with van der Waals surface area (Å²) in [6, 6.07) is 10.3. The van der Waals surface area contributed by atoms with Gasteiger partial charge in [0.1, 0.15) is 0 Å². The molecular weight excluding hydrogens is 384 g/mol. The highest BCUT2D eigenvalue weighted by atomic mass is 32.2. The van der Waals surface area contributed by atoms with Crippen LogP contribution in [0.25, 0.3) is 0 Å². The van der Waals surface area contributed by atoms with E-state index in [9.17, 15) is 18.0 Å². The Hall–Kier alpha value is -2.03. The van der Waals surface area contributed by atoms with Gasteiger partial charge in [-0.25, -0.2) is 8.42 Å². The maximum atomic E-state index is 12.5. The zero-order valence-corrected chi connectivity index (χ0v) is 16.8. The number of sulfone groups is 1. The van der Waals surface area contributed by atoms with Gasteiger partial charge in [0.2, 0.25) is 0 Å². The molecule has 2 heterocycles. The van der Waals surface area contributed by atoms with E-state index in [0.717, 1.165) is 18.5 Å². The fraction of sp³-hybridized carbons (Fsp3) is 0.368. The van der Waals surface area contributed by atoms with Gasteiger partial charge < -0.3 is 4.90 Å². The predicted molar refractivity (Wildman–Crippen MR) is 105 cm³/mol. The summed E-state index contributed by atoms with van der Waals surface area (Å²) in [7, 11) is -3.19. The van der Waals surface area contributed by atoms with Gasteiger partial charge in [0.15, 0.2) is 9.84 Å². The van der Waals surface area contributed by atoms with Crippen molar-refractivity contribution >= 4 is 32.9 Å². The Balaban J connectivity index is 1.58. The number of nitrogens with zero attached hydrogens (tertiary/aromatic N) is 2. The van der Waals surface area contributed by atoms with Crippen LogP contribution in [-0.4, -0.2) is 62.3 Å². The number of ketones is 1. The zero-order chi connectivity index (χ0) is 19.4. The number of thiophene rings is 1. The molecule has 1 aliphatic rings. The van der Waals surface area contributed by atoms with Crippen molar-refractivity contribution in [3.63, 3.8) is 0 Å². The van der Waals surface area contributed by atoms with Crippen molar-refractivity contribution < 1.29 is 18.0 Å². The van der Waals surface area contributed by atoms with Crippen LogP contribution in [-0.2, 0) is 21.2 Å². The smallest absolute Gasteiger partial charge is 0.295 e. The molecule has 1 amide bonds. The number of hydrogen-bond acceptors (Lipinski definition) is 6. The quantitative estimate of drug-likeness (QED) is 0.561. The average molecular weight is 407 g/mol. The maximum absolute atomic E-state index is 12.5. The number of carbonyl (C=O) groups excluding carboxylic acids is 2. The van der Waals surface area contributed by atoms with Gasteiger partial charge in [-0.15, -0.1) is 11.3 Å². The molecule has 144 valence electrons. The molecule has 1 saturated heterocycles. The molecule has 8 heteroatoms. The Morgan fingerprint density at radius 1 is 1.04 bits per heavy atom. The maximum Gasteiger partial charge on any atom is 0.295 e. The molecule has 3 rings (SSSR count). The van der Waals surface area contributed by atoms with Gasteiger partial charge in [-0.2, -0.15) is 0 Å². The number of benzene rings is 1. The normalized spacial score (nSPS) is 16.1. The number of Topliss-reactive ketones (excluding diaryl/α,β-unsaturated/α-hetero) is 1. The van der Waals surface area contributed by atoms with Crippen molar-refractivity contribution in [3.8, 4) is 0 Å². The lowest BCUT2D eigenvalue weighted by Gasteiger charge is -2.21. The fourth-order valence-corrected chi connectivity index (χ4v) is 4.37. The standard InChI is InChI=1S/C19H22N2O4S2/c1-27(24,25)16-7-5-15(6-8-16)14-20-9-3-10-21(12-11-20)19(23)18(22)17-4-2-13-26-17/h2,4-8,13H,3,9-12,14H2,1H3. The highest BCUT2D eigenvalue weighted by Gasteiger charge is 2.26. The Labute approximate surface area is 163 Å². The first-order valence-electron chi connectivity index (χ1n) is 8.73. The molecule has 0 bridgehead atoms. The molecule has 0 saturated carbocycles. The first kappa shape index (κ1) is 19.7. The van der Waals surface area contributed by atoms with Crippen molar-refractivity contribution in [1.29, 1.82) is 0 Å². The van der Waals surface area contributed by atoms with E-state index >= 15 is 0 Å². The second kappa shape index (κ2) is 8.33. The molecule has 1 aliphatic heterocycles. The average Bonchev–Trinajstić information content (AvgIpc) is 3.08. The van der Waals surface area contributed by atoms with Crippen LogP contribution in [0.1, 0.15) is 21.7 Å². The molecule has 1 aromatic heterocycles. The van der Waals surface area contributed by atoms with Gasteiger partial charge in [0.05, 0.1) is 9.77 Å². The van der Waals surface area contributed by atoms with Crippen LogP contribution in [0.15, 0.2) is 46.7 Å². The van der Waals surface area contributed by atoms with E-state index in [1.807, 2.05) is 12.1 Å². The van der Waals surface area contributed by atoms with E-state index in [0.29, 0.717) is 36.0 Å². The Morgan fingerprint density at radius 2 is 1.78 bits per heavy atom. The monoisotopic (exact) mass is 406 g/mol. The number of hydrogen-bond donors (Lipinski definition) is 0. The molecule has 0 aliphatic carbocycles. The first-order chi connectivity index (χ1) is 12.8. The lowest BCUT2D eigenvalue weighted by Crippen LogP contribution is -2.39. The van der Waals surface area contributed by atoms with Crippen LogP contribution in [0.4, 0.5) is 0 Å². The Morgan fingerprint density at radius 3 is 2.41 bits per heavy atom. The van der Waals surface area contributed by atoms with Crippen LogP contribution in [0.2, 0.25) is 0 Å². The van der Waals surface area contributed by atoms with E-state index in [1.165, 1.54) is 17.6 Å². The van der Waals surface area contributed by atoms with Gasteiger partial charge >= 0.3 is 0 Å². The van der Waals surface area contributed by atoms with E-state index in [2.05, 4.69) is 4.90 Å². The summed E-state index contributed by atoms with van der Waals surface area (Å²) >= 11 is 1.28. The van der Waals surface area contributed by atoms with Gasteiger partial charge in [0, 0.05) is 39.0 Å². The third kappa shape index (κ3) is 5.03.